The molecule has 5 rings (SSSR count). The molecule has 0 saturated carbocycles. The summed E-state index contributed by atoms with van der Waals surface area (Å²) in [6.45, 7) is 1.42. The van der Waals surface area contributed by atoms with Gasteiger partial charge >= 0.3 is 6.03 Å². The van der Waals surface area contributed by atoms with Gasteiger partial charge < -0.3 is 25.6 Å². The molecule has 0 spiro atoms. The Kier molecular flexibility index (Phi) is 6.46. The van der Waals surface area contributed by atoms with Gasteiger partial charge in [-0.2, -0.15) is 0 Å². The van der Waals surface area contributed by atoms with E-state index in [-0.39, 0.29) is 23.9 Å². The van der Waals surface area contributed by atoms with E-state index in [9.17, 15) is 9.59 Å². The van der Waals surface area contributed by atoms with Crippen LogP contribution >= 0.6 is 11.6 Å². The number of carbonyl (C=O) groups is 2. The van der Waals surface area contributed by atoms with Crippen LogP contribution in [0.1, 0.15) is 23.6 Å². The third kappa shape index (κ3) is 5.17. The summed E-state index contributed by atoms with van der Waals surface area (Å²) >= 11 is 5.95. The van der Waals surface area contributed by atoms with Crippen LogP contribution < -0.4 is 25.6 Å². The normalized spacial score (nSPS) is 19.0. The second-order valence-corrected chi connectivity index (χ2v) is 9.18. The van der Waals surface area contributed by atoms with Crippen molar-refractivity contribution in [1.82, 2.24) is 10.3 Å². The van der Waals surface area contributed by atoms with Gasteiger partial charge in [-0.3, -0.25) is 9.78 Å². The number of halogens is 1. The van der Waals surface area contributed by atoms with Gasteiger partial charge in [0.2, 0.25) is 5.91 Å². The van der Waals surface area contributed by atoms with Crippen LogP contribution in [0, 0.1) is 0 Å². The minimum Gasteiger partial charge on any atom is -0.495 e. The lowest BCUT2D eigenvalue weighted by atomic mass is 9.88. The number of pyridine rings is 1. The first-order chi connectivity index (χ1) is 17.0. The lowest BCUT2D eigenvalue weighted by Gasteiger charge is -2.40. The van der Waals surface area contributed by atoms with Crippen molar-refractivity contribution in [2.24, 2.45) is 0 Å². The zero-order chi connectivity index (χ0) is 24.4. The highest BCUT2D eigenvalue weighted by Gasteiger charge is 2.33. The zero-order valence-electron chi connectivity index (χ0n) is 19.3. The summed E-state index contributed by atoms with van der Waals surface area (Å²) in [5.74, 6) is 0.654. The first kappa shape index (κ1) is 23.0. The van der Waals surface area contributed by atoms with E-state index in [1.54, 1.807) is 37.6 Å². The van der Waals surface area contributed by atoms with Crippen LogP contribution in [-0.4, -0.2) is 43.2 Å². The molecule has 1 fully saturated rings. The van der Waals surface area contributed by atoms with E-state index in [0.717, 1.165) is 35.6 Å². The van der Waals surface area contributed by atoms with Gasteiger partial charge in [0.25, 0.3) is 0 Å². The molecule has 9 heteroatoms. The lowest BCUT2D eigenvalue weighted by molar-refractivity contribution is -0.115. The molecule has 1 saturated heterocycles. The van der Waals surface area contributed by atoms with E-state index in [4.69, 9.17) is 16.3 Å². The number of benzene rings is 2. The lowest BCUT2D eigenvalue weighted by Crippen LogP contribution is -2.51. The van der Waals surface area contributed by atoms with Crippen LogP contribution in [0.3, 0.4) is 0 Å². The molecule has 1 aromatic heterocycles. The predicted molar refractivity (Wildman–Crippen MR) is 137 cm³/mol. The number of hydrogen-bond acceptors (Lipinski definition) is 5. The van der Waals surface area contributed by atoms with Gasteiger partial charge in [-0.25, -0.2) is 4.79 Å². The minimum atomic E-state index is -0.274. The summed E-state index contributed by atoms with van der Waals surface area (Å²) in [6.07, 6.45) is 2.85. The average molecular weight is 492 g/mol. The summed E-state index contributed by atoms with van der Waals surface area (Å²) < 4.78 is 5.27. The third-order valence-corrected chi connectivity index (χ3v) is 6.74. The monoisotopic (exact) mass is 491 g/mol. The van der Waals surface area contributed by atoms with Crippen LogP contribution in [0.4, 0.5) is 21.9 Å². The fraction of sp³-hybridized carbons (Fsp3) is 0.269. The first-order valence-corrected chi connectivity index (χ1v) is 11.9. The number of amides is 3. The van der Waals surface area contributed by atoms with Crippen molar-refractivity contribution < 1.29 is 14.3 Å². The maximum Gasteiger partial charge on any atom is 0.319 e. The van der Waals surface area contributed by atoms with Crippen LogP contribution in [0.15, 0.2) is 60.8 Å². The smallest absolute Gasteiger partial charge is 0.319 e. The van der Waals surface area contributed by atoms with Crippen LogP contribution in [0.2, 0.25) is 5.02 Å². The Morgan fingerprint density at radius 2 is 2.00 bits per heavy atom. The van der Waals surface area contributed by atoms with E-state index < -0.39 is 0 Å². The molecule has 3 heterocycles. The van der Waals surface area contributed by atoms with Gasteiger partial charge in [-0.1, -0.05) is 17.7 Å². The van der Waals surface area contributed by atoms with Gasteiger partial charge in [0, 0.05) is 52.8 Å². The molecule has 2 unspecified atom stereocenters. The molecule has 2 aromatic carbocycles. The number of fused-ring (bicyclic) bond motifs is 1. The number of rotatable bonds is 5. The number of hydrogen-bond donors (Lipinski definition) is 3. The Balaban J connectivity index is 1.35. The summed E-state index contributed by atoms with van der Waals surface area (Å²) in [4.78, 5) is 31.5. The van der Waals surface area contributed by atoms with Crippen molar-refractivity contribution in [3.63, 3.8) is 0 Å². The second-order valence-electron chi connectivity index (χ2n) is 8.74. The summed E-state index contributed by atoms with van der Waals surface area (Å²) in [6, 6.07) is 16.5. The molecule has 0 radical (unpaired) electrons. The molecule has 180 valence electrons. The Morgan fingerprint density at radius 1 is 1.17 bits per heavy atom. The number of nitrogens with zero attached hydrogens (tertiary/aromatic N) is 2. The SMILES string of the molecule is COc1ccc(C2CN(c3ccc4c(c3)NC(=O)C4)CCC2NC(=O)Nc2ccc(Cl)cc2)nc1. The molecule has 35 heavy (non-hydrogen) atoms. The molecular formula is C26H26ClN5O3. The number of ether oxygens (including phenoxy) is 1. The highest BCUT2D eigenvalue weighted by atomic mass is 35.5. The number of nitrogens with one attached hydrogen (secondary N) is 3. The fourth-order valence-corrected chi connectivity index (χ4v) is 4.78. The van der Waals surface area contributed by atoms with Gasteiger partial charge in [0.1, 0.15) is 5.75 Å². The first-order valence-electron chi connectivity index (χ1n) is 11.5. The van der Waals surface area contributed by atoms with Gasteiger partial charge in [0.05, 0.1) is 19.7 Å². The van der Waals surface area contributed by atoms with Crippen LogP contribution in [-0.2, 0) is 11.2 Å². The predicted octanol–water partition coefficient (Wildman–Crippen LogP) is 4.42. The van der Waals surface area contributed by atoms with Crippen molar-refractivity contribution in [1.29, 1.82) is 0 Å². The number of urea groups is 1. The van der Waals surface area contributed by atoms with E-state index in [1.165, 1.54) is 0 Å². The molecule has 0 aliphatic carbocycles. The van der Waals surface area contributed by atoms with Gasteiger partial charge in [0.15, 0.2) is 0 Å². The Bertz CT molecular complexity index is 1230. The minimum absolute atomic E-state index is 0.0204. The summed E-state index contributed by atoms with van der Waals surface area (Å²) in [7, 11) is 1.61. The van der Waals surface area contributed by atoms with Crippen molar-refractivity contribution >= 4 is 40.6 Å². The summed E-state index contributed by atoms with van der Waals surface area (Å²) in [5.41, 5.74) is 4.47. The average Bonchev–Trinajstić information content (AvgIpc) is 3.25. The zero-order valence-corrected chi connectivity index (χ0v) is 20.0. The number of aromatic nitrogens is 1. The van der Waals surface area contributed by atoms with Gasteiger partial charge in [-0.05, 0) is 60.5 Å². The Labute approximate surface area is 208 Å². The third-order valence-electron chi connectivity index (χ3n) is 6.49. The maximum atomic E-state index is 12.8. The molecule has 3 aromatic rings. The second kappa shape index (κ2) is 9.84. The van der Waals surface area contributed by atoms with E-state index >= 15 is 0 Å². The van der Waals surface area contributed by atoms with Crippen LogP contribution in [0.25, 0.3) is 0 Å². The Morgan fingerprint density at radius 3 is 2.74 bits per heavy atom. The largest absolute Gasteiger partial charge is 0.495 e. The number of piperidine rings is 1. The molecule has 3 N–H and O–H groups in total. The van der Waals surface area contributed by atoms with Crippen molar-refractivity contribution in [2.45, 2.75) is 24.8 Å². The molecular weight excluding hydrogens is 466 g/mol. The quantitative estimate of drug-likeness (QED) is 0.491. The summed E-state index contributed by atoms with van der Waals surface area (Å²) in [5, 5.41) is 9.56. The maximum absolute atomic E-state index is 12.8. The highest BCUT2D eigenvalue weighted by Crippen LogP contribution is 2.33. The Hall–Kier alpha value is -3.78. The molecule has 2 aliphatic heterocycles. The molecule has 3 amide bonds. The fourth-order valence-electron chi connectivity index (χ4n) is 4.66. The number of carbonyl (C=O) groups excluding carboxylic acids is 2. The molecule has 2 aliphatic rings. The topological polar surface area (TPSA) is 95.6 Å². The van der Waals surface area contributed by atoms with Gasteiger partial charge in [-0.15, -0.1) is 0 Å². The van der Waals surface area contributed by atoms with E-state index in [0.29, 0.717) is 29.4 Å². The molecule has 0 bridgehead atoms. The van der Waals surface area contributed by atoms with Crippen molar-refractivity contribution in [2.75, 3.05) is 35.7 Å². The highest BCUT2D eigenvalue weighted by molar-refractivity contribution is 6.30. The van der Waals surface area contributed by atoms with E-state index in [1.807, 2.05) is 24.3 Å². The van der Waals surface area contributed by atoms with E-state index in [2.05, 4.69) is 31.9 Å². The number of anilines is 3. The van der Waals surface area contributed by atoms with Crippen LogP contribution in [0.5, 0.6) is 5.75 Å². The standard InChI is InChI=1S/C26H26ClN5O3/c1-35-20-8-9-22(28-14-20)21-15-32(19-7-2-16-12-25(33)30-24(16)13-19)11-10-23(21)31-26(34)29-18-5-3-17(27)4-6-18/h2-9,13-14,21,23H,10-12,15H2,1H3,(H,30,33)(H2,29,31,34). The molecule has 8 nitrogen and oxygen atoms in total. The van der Waals surface area contributed by atoms with Crippen molar-refractivity contribution in [3.05, 3.63) is 77.1 Å². The number of methoxy groups -OCH3 is 1. The van der Waals surface area contributed by atoms with Crippen molar-refractivity contribution in [3.8, 4) is 5.75 Å². The molecule has 2 atom stereocenters.